The van der Waals surface area contributed by atoms with Gasteiger partial charge < -0.3 is 9.47 Å². The molecule has 3 aliphatic rings. The molecule has 1 amide bonds. The molecular formula is C18H28N4OS. The van der Waals surface area contributed by atoms with Gasteiger partial charge in [-0.3, -0.25) is 9.89 Å². The second-order valence-corrected chi connectivity index (χ2v) is 8.34. The van der Waals surface area contributed by atoms with Gasteiger partial charge in [0.2, 0.25) is 5.91 Å². The van der Waals surface area contributed by atoms with Crippen LogP contribution in [-0.2, 0) is 11.3 Å². The van der Waals surface area contributed by atoms with E-state index < -0.39 is 0 Å². The average Bonchev–Trinajstić information content (AvgIpc) is 3.30. The van der Waals surface area contributed by atoms with Crippen molar-refractivity contribution in [3.05, 3.63) is 10.6 Å². The number of nitrogens with zero attached hydrogens (tertiary/aromatic N) is 3. The molecule has 2 bridgehead atoms. The predicted molar refractivity (Wildman–Crippen MR) is 95.2 cm³/mol. The van der Waals surface area contributed by atoms with Crippen LogP contribution >= 0.6 is 12.2 Å². The molecule has 4 rings (SSSR count). The number of hydrogen-bond acceptors (Lipinski definition) is 3. The number of H-pyrrole nitrogens is 1. The molecule has 1 aromatic rings. The lowest BCUT2D eigenvalue weighted by atomic mass is 9.85. The minimum absolute atomic E-state index is 0.315. The topological polar surface area (TPSA) is 53.9 Å². The lowest BCUT2D eigenvalue weighted by Gasteiger charge is -2.34. The lowest BCUT2D eigenvalue weighted by Crippen LogP contribution is -2.40. The van der Waals surface area contributed by atoms with Crippen LogP contribution in [0.4, 0.5) is 0 Å². The highest BCUT2D eigenvalue weighted by Gasteiger charge is 2.41. The second kappa shape index (κ2) is 6.62. The summed E-state index contributed by atoms with van der Waals surface area (Å²) >= 11 is 5.31. The number of carbonyl (C=O) groups is 1. The summed E-state index contributed by atoms with van der Waals surface area (Å²) in [6.07, 6.45) is 8.37. The summed E-state index contributed by atoms with van der Waals surface area (Å²) in [7, 11) is 0. The van der Waals surface area contributed by atoms with Gasteiger partial charge in [-0.1, -0.05) is 6.42 Å². The number of piperidine rings is 1. The zero-order valence-electron chi connectivity index (χ0n) is 14.5. The Balaban J connectivity index is 1.41. The molecule has 0 spiro atoms. The molecule has 132 valence electrons. The van der Waals surface area contributed by atoms with E-state index in [1.54, 1.807) is 0 Å². The van der Waals surface area contributed by atoms with Gasteiger partial charge >= 0.3 is 0 Å². The van der Waals surface area contributed by atoms with Crippen LogP contribution in [0, 0.1) is 22.5 Å². The van der Waals surface area contributed by atoms with Gasteiger partial charge in [0.1, 0.15) is 5.82 Å². The zero-order chi connectivity index (χ0) is 16.7. The van der Waals surface area contributed by atoms with Crippen molar-refractivity contribution in [1.29, 1.82) is 0 Å². The molecule has 0 aromatic carbocycles. The minimum atomic E-state index is 0.315. The summed E-state index contributed by atoms with van der Waals surface area (Å²) in [5.41, 5.74) is 0. The first-order valence-electron chi connectivity index (χ1n) is 9.58. The Morgan fingerprint density at radius 2 is 2.21 bits per heavy atom. The van der Waals surface area contributed by atoms with Crippen LogP contribution in [0.3, 0.4) is 0 Å². The first kappa shape index (κ1) is 16.3. The Kier molecular flexibility index (Phi) is 4.50. The number of likely N-dealkylation sites (tertiary alicyclic amines) is 1. The number of fused-ring (bicyclic) bond motifs is 2. The maximum absolute atomic E-state index is 12.8. The van der Waals surface area contributed by atoms with Gasteiger partial charge in [-0.25, -0.2) is 0 Å². The number of hydrogen-bond donors (Lipinski definition) is 1. The van der Waals surface area contributed by atoms with Crippen LogP contribution in [0.1, 0.15) is 63.6 Å². The predicted octanol–water partition coefficient (Wildman–Crippen LogP) is 3.49. The number of aromatic amines is 1. The second-order valence-electron chi connectivity index (χ2n) is 7.95. The number of aromatic nitrogens is 3. The number of carbonyl (C=O) groups excluding carboxylic acids is 1. The fourth-order valence-electron chi connectivity index (χ4n) is 5.34. The molecule has 3 fully saturated rings. The van der Waals surface area contributed by atoms with Gasteiger partial charge in [-0.2, -0.15) is 5.10 Å². The molecule has 2 aliphatic carbocycles. The molecule has 2 saturated carbocycles. The lowest BCUT2D eigenvalue weighted by molar-refractivity contribution is -0.133. The number of rotatable bonds is 4. The maximum Gasteiger partial charge on any atom is 0.222 e. The molecule has 0 unspecified atom stereocenters. The van der Waals surface area contributed by atoms with Crippen LogP contribution in [0.5, 0.6) is 0 Å². The van der Waals surface area contributed by atoms with Crippen LogP contribution in [0.2, 0.25) is 0 Å². The van der Waals surface area contributed by atoms with Gasteiger partial charge in [-0.05, 0) is 69.0 Å². The number of amides is 1. The van der Waals surface area contributed by atoms with Crippen LogP contribution in [0.15, 0.2) is 0 Å². The molecule has 24 heavy (non-hydrogen) atoms. The maximum atomic E-state index is 12.8. The van der Waals surface area contributed by atoms with Gasteiger partial charge in [0.05, 0.1) is 0 Å². The largest absolute Gasteiger partial charge is 0.342 e. The Hall–Kier alpha value is -1.17. The third kappa shape index (κ3) is 2.93. The van der Waals surface area contributed by atoms with Crippen LogP contribution in [0.25, 0.3) is 0 Å². The molecule has 1 aliphatic heterocycles. The monoisotopic (exact) mass is 348 g/mol. The van der Waals surface area contributed by atoms with Crippen molar-refractivity contribution in [1.82, 2.24) is 19.7 Å². The Bertz CT molecular complexity index is 666. The SMILES string of the molecule is CCn1c([C@@H]2CCCN(C(=O)C[C@@H]3C[C@H]4CC[C@H]3C4)C2)n[nH]c1=S. The molecule has 1 N–H and O–H groups in total. The first-order chi connectivity index (χ1) is 11.7. The molecule has 2 heterocycles. The van der Waals surface area contributed by atoms with E-state index in [9.17, 15) is 4.79 Å². The smallest absolute Gasteiger partial charge is 0.222 e. The third-order valence-corrected chi connectivity index (χ3v) is 6.88. The van der Waals surface area contributed by atoms with Crippen LogP contribution < -0.4 is 0 Å². The van der Waals surface area contributed by atoms with E-state index in [1.807, 2.05) is 0 Å². The molecule has 4 atom stereocenters. The minimum Gasteiger partial charge on any atom is -0.342 e. The standard InChI is InChI=1S/C18H28N4OS/c1-2-22-17(19-20-18(22)24)14-4-3-7-21(11-14)16(23)10-15-9-12-5-6-13(15)8-12/h12-15H,2-11H2,1H3,(H,20,24)/t12-,13-,14+,15-/m0/s1. The number of nitrogens with one attached hydrogen (secondary N) is 1. The Labute approximate surface area is 148 Å². The summed E-state index contributed by atoms with van der Waals surface area (Å²) in [6, 6.07) is 0. The van der Waals surface area contributed by atoms with E-state index in [2.05, 4.69) is 26.6 Å². The molecule has 0 radical (unpaired) electrons. The van der Waals surface area contributed by atoms with Crippen molar-refractivity contribution in [2.75, 3.05) is 13.1 Å². The van der Waals surface area contributed by atoms with E-state index >= 15 is 0 Å². The van der Waals surface area contributed by atoms with Crippen molar-refractivity contribution in [3.8, 4) is 0 Å². The van der Waals surface area contributed by atoms with Crippen LogP contribution in [-0.4, -0.2) is 38.7 Å². The van der Waals surface area contributed by atoms with E-state index in [0.29, 0.717) is 22.5 Å². The highest BCUT2D eigenvalue weighted by atomic mass is 32.1. The molecule has 1 aromatic heterocycles. The highest BCUT2D eigenvalue weighted by Crippen LogP contribution is 2.49. The quantitative estimate of drug-likeness (QED) is 0.848. The summed E-state index contributed by atoms with van der Waals surface area (Å²) in [6.45, 7) is 4.64. The van der Waals surface area contributed by atoms with E-state index in [0.717, 1.165) is 56.6 Å². The first-order valence-corrected chi connectivity index (χ1v) is 9.99. The van der Waals surface area contributed by atoms with Gasteiger partial charge in [0.15, 0.2) is 4.77 Å². The van der Waals surface area contributed by atoms with Gasteiger partial charge in [0, 0.05) is 32.0 Å². The molecule has 6 heteroatoms. The van der Waals surface area contributed by atoms with Crippen molar-refractivity contribution >= 4 is 18.1 Å². The van der Waals surface area contributed by atoms with Gasteiger partial charge in [0.25, 0.3) is 0 Å². The summed E-state index contributed by atoms with van der Waals surface area (Å²) in [5, 5.41) is 7.37. The van der Waals surface area contributed by atoms with Crippen molar-refractivity contribution in [3.63, 3.8) is 0 Å². The van der Waals surface area contributed by atoms with Crippen molar-refractivity contribution in [2.24, 2.45) is 17.8 Å². The van der Waals surface area contributed by atoms with Crippen molar-refractivity contribution < 1.29 is 4.79 Å². The summed E-state index contributed by atoms with van der Waals surface area (Å²) in [4.78, 5) is 14.9. The molecule has 5 nitrogen and oxygen atoms in total. The highest BCUT2D eigenvalue weighted by molar-refractivity contribution is 7.71. The average molecular weight is 349 g/mol. The normalized spacial score (nSPS) is 32.5. The molecule has 1 saturated heterocycles. The Morgan fingerprint density at radius 1 is 1.33 bits per heavy atom. The summed E-state index contributed by atoms with van der Waals surface area (Å²) in [5.74, 6) is 4.11. The van der Waals surface area contributed by atoms with E-state index in [1.165, 1.54) is 25.7 Å². The fourth-order valence-corrected chi connectivity index (χ4v) is 5.61. The fraction of sp³-hybridized carbons (Fsp3) is 0.833. The van der Waals surface area contributed by atoms with E-state index in [4.69, 9.17) is 12.2 Å². The summed E-state index contributed by atoms with van der Waals surface area (Å²) < 4.78 is 2.77. The zero-order valence-corrected chi connectivity index (χ0v) is 15.4. The van der Waals surface area contributed by atoms with Crippen molar-refractivity contribution in [2.45, 2.75) is 64.3 Å². The third-order valence-electron chi connectivity index (χ3n) is 6.56. The Morgan fingerprint density at radius 3 is 2.92 bits per heavy atom. The van der Waals surface area contributed by atoms with E-state index in [-0.39, 0.29) is 0 Å². The molecular weight excluding hydrogens is 320 g/mol. The van der Waals surface area contributed by atoms with Gasteiger partial charge in [-0.15, -0.1) is 0 Å².